The summed E-state index contributed by atoms with van der Waals surface area (Å²) in [6, 6.07) is 5.32. The first-order valence-electron chi connectivity index (χ1n) is 11.9. The summed E-state index contributed by atoms with van der Waals surface area (Å²) in [5.41, 5.74) is 2.78. The highest BCUT2D eigenvalue weighted by Gasteiger charge is 2.54. The van der Waals surface area contributed by atoms with Gasteiger partial charge in [-0.15, -0.1) is 11.8 Å². The van der Waals surface area contributed by atoms with E-state index in [4.69, 9.17) is 0 Å². The maximum absolute atomic E-state index is 13.2. The predicted molar refractivity (Wildman–Crippen MR) is 126 cm³/mol. The third kappa shape index (κ3) is 4.04. The standard InChI is InChI=1S/C25H33N3O3S/c1-15-3-4-20(5-16(15)2)27-23(30)21-13-32-14-28(21)22(29)12-26-24(31)25-9-17-6-18(10-25)8-19(7-17)11-25/h3-5,17-19,21H,6-14H2,1-2H3,(H,26,31)(H,27,30). The molecule has 3 amide bonds. The van der Waals surface area contributed by atoms with Gasteiger partial charge in [0.2, 0.25) is 17.7 Å². The Morgan fingerprint density at radius 3 is 2.31 bits per heavy atom. The molecule has 172 valence electrons. The lowest BCUT2D eigenvalue weighted by molar-refractivity contribution is -0.148. The number of nitrogens with zero attached hydrogens (tertiary/aromatic N) is 1. The molecule has 1 saturated heterocycles. The van der Waals surface area contributed by atoms with Crippen LogP contribution in [-0.2, 0) is 14.4 Å². The van der Waals surface area contributed by atoms with Crippen LogP contribution in [0, 0.1) is 37.0 Å². The predicted octanol–water partition coefficient (Wildman–Crippen LogP) is 3.48. The molecule has 1 aliphatic heterocycles. The lowest BCUT2D eigenvalue weighted by Crippen LogP contribution is -2.55. The molecule has 1 unspecified atom stereocenters. The first-order chi connectivity index (χ1) is 15.3. The molecular weight excluding hydrogens is 422 g/mol. The highest BCUT2D eigenvalue weighted by Crippen LogP contribution is 2.60. The second-order valence-corrected chi connectivity index (χ2v) is 11.5. The van der Waals surface area contributed by atoms with E-state index in [9.17, 15) is 14.4 Å². The Hall–Kier alpha value is -2.02. The molecule has 2 N–H and O–H groups in total. The van der Waals surface area contributed by atoms with Gasteiger partial charge in [0.25, 0.3) is 0 Å². The van der Waals surface area contributed by atoms with Crippen LogP contribution in [0.25, 0.3) is 0 Å². The van der Waals surface area contributed by atoms with Crippen molar-refractivity contribution in [1.82, 2.24) is 10.2 Å². The van der Waals surface area contributed by atoms with Crippen molar-refractivity contribution >= 4 is 35.2 Å². The molecule has 4 saturated carbocycles. The number of aryl methyl sites for hydroxylation is 2. The second kappa shape index (κ2) is 8.40. The number of benzene rings is 1. The third-order valence-corrected chi connectivity index (χ3v) is 9.21. The van der Waals surface area contributed by atoms with Crippen molar-refractivity contribution in [1.29, 1.82) is 0 Å². The third-order valence-electron chi connectivity index (χ3n) is 8.20. The van der Waals surface area contributed by atoms with Crippen LogP contribution in [0.1, 0.15) is 49.7 Å². The highest BCUT2D eigenvalue weighted by molar-refractivity contribution is 7.99. The van der Waals surface area contributed by atoms with Crippen molar-refractivity contribution in [2.45, 2.75) is 58.4 Å². The lowest BCUT2D eigenvalue weighted by atomic mass is 9.49. The fourth-order valence-corrected chi connectivity index (χ4v) is 7.96. The molecule has 1 atom stereocenters. The van der Waals surface area contributed by atoms with Gasteiger partial charge in [-0.05, 0) is 93.4 Å². The molecule has 4 bridgehead atoms. The highest BCUT2D eigenvalue weighted by atomic mass is 32.2. The number of carbonyl (C=O) groups excluding carboxylic acids is 3. The zero-order chi connectivity index (χ0) is 22.5. The number of hydrogen-bond donors (Lipinski definition) is 2. The number of rotatable bonds is 5. The quantitative estimate of drug-likeness (QED) is 0.713. The zero-order valence-electron chi connectivity index (χ0n) is 19.0. The molecule has 6 nitrogen and oxygen atoms in total. The molecule has 0 radical (unpaired) electrons. The van der Waals surface area contributed by atoms with Crippen LogP contribution in [0.2, 0.25) is 0 Å². The fraction of sp³-hybridized carbons (Fsp3) is 0.640. The van der Waals surface area contributed by atoms with Crippen molar-refractivity contribution in [2.24, 2.45) is 23.2 Å². The van der Waals surface area contributed by atoms with E-state index in [0.29, 0.717) is 29.4 Å². The maximum atomic E-state index is 13.2. The lowest BCUT2D eigenvalue weighted by Gasteiger charge is -2.55. The summed E-state index contributed by atoms with van der Waals surface area (Å²) in [4.78, 5) is 40.6. The number of nitrogens with one attached hydrogen (secondary N) is 2. The number of carbonyl (C=O) groups is 3. The van der Waals surface area contributed by atoms with Gasteiger partial charge in [0.1, 0.15) is 6.04 Å². The Morgan fingerprint density at radius 1 is 1.03 bits per heavy atom. The number of amides is 3. The first-order valence-corrected chi connectivity index (χ1v) is 13.0. The van der Waals surface area contributed by atoms with Crippen molar-refractivity contribution in [2.75, 3.05) is 23.5 Å². The number of anilines is 1. The summed E-state index contributed by atoms with van der Waals surface area (Å²) >= 11 is 1.58. The first kappa shape index (κ1) is 21.8. The topological polar surface area (TPSA) is 78.5 Å². The van der Waals surface area contributed by atoms with Crippen LogP contribution in [0.4, 0.5) is 5.69 Å². The van der Waals surface area contributed by atoms with Gasteiger partial charge >= 0.3 is 0 Å². The zero-order valence-corrected chi connectivity index (χ0v) is 19.8. The van der Waals surface area contributed by atoms with E-state index in [1.807, 2.05) is 32.0 Å². The van der Waals surface area contributed by atoms with Crippen LogP contribution >= 0.6 is 11.8 Å². The normalized spacial score (nSPS) is 32.8. The van der Waals surface area contributed by atoms with Crippen LogP contribution < -0.4 is 10.6 Å². The molecule has 32 heavy (non-hydrogen) atoms. The molecule has 6 rings (SSSR count). The van der Waals surface area contributed by atoms with Gasteiger partial charge in [-0.25, -0.2) is 0 Å². The Bertz CT molecular complexity index is 911. The Morgan fingerprint density at radius 2 is 1.69 bits per heavy atom. The Kier molecular flexibility index (Phi) is 5.72. The summed E-state index contributed by atoms with van der Waals surface area (Å²) in [6.45, 7) is 4.03. The molecule has 0 aromatic heterocycles. The Labute approximate surface area is 194 Å². The van der Waals surface area contributed by atoms with E-state index in [2.05, 4.69) is 10.6 Å². The minimum absolute atomic E-state index is 0.0193. The van der Waals surface area contributed by atoms with E-state index >= 15 is 0 Å². The molecule has 0 spiro atoms. The fourth-order valence-electron chi connectivity index (χ4n) is 6.78. The molecule has 5 fully saturated rings. The van der Waals surface area contributed by atoms with Gasteiger partial charge in [0.15, 0.2) is 0 Å². The van der Waals surface area contributed by atoms with Crippen molar-refractivity contribution in [3.8, 4) is 0 Å². The van der Waals surface area contributed by atoms with Crippen molar-refractivity contribution in [3.05, 3.63) is 29.3 Å². The van der Waals surface area contributed by atoms with E-state index < -0.39 is 6.04 Å². The molecule has 1 aromatic carbocycles. The van der Waals surface area contributed by atoms with Crippen molar-refractivity contribution in [3.63, 3.8) is 0 Å². The summed E-state index contributed by atoms with van der Waals surface area (Å²) < 4.78 is 0. The van der Waals surface area contributed by atoms with Gasteiger partial charge in [-0.2, -0.15) is 0 Å². The van der Waals surface area contributed by atoms with E-state index in [0.717, 1.165) is 30.5 Å². The second-order valence-electron chi connectivity index (χ2n) is 10.5. The largest absolute Gasteiger partial charge is 0.347 e. The summed E-state index contributed by atoms with van der Waals surface area (Å²) in [7, 11) is 0. The summed E-state index contributed by atoms with van der Waals surface area (Å²) in [5.74, 6) is 2.85. The van der Waals surface area contributed by atoms with Crippen molar-refractivity contribution < 1.29 is 14.4 Å². The maximum Gasteiger partial charge on any atom is 0.248 e. The van der Waals surface area contributed by atoms with Gasteiger partial charge in [-0.1, -0.05) is 6.07 Å². The van der Waals surface area contributed by atoms with Gasteiger partial charge in [0.05, 0.1) is 12.4 Å². The molecular formula is C25H33N3O3S. The van der Waals surface area contributed by atoms with E-state index in [1.165, 1.54) is 24.8 Å². The SMILES string of the molecule is Cc1ccc(NC(=O)C2CSCN2C(=O)CNC(=O)C23CC4CC(CC(C4)C2)C3)cc1C. The van der Waals surface area contributed by atoms with E-state index in [-0.39, 0.29) is 29.7 Å². The van der Waals surface area contributed by atoms with Crippen LogP contribution in [-0.4, -0.2) is 46.8 Å². The van der Waals surface area contributed by atoms with Gasteiger partial charge in [-0.3, -0.25) is 14.4 Å². The van der Waals surface area contributed by atoms with Gasteiger partial charge < -0.3 is 15.5 Å². The number of thioether (sulfide) groups is 1. The average molecular weight is 456 g/mol. The smallest absolute Gasteiger partial charge is 0.248 e. The molecule has 7 heteroatoms. The molecule has 1 heterocycles. The van der Waals surface area contributed by atoms with Crippen LogP contribution in [0.15, 0.2) is 18.2 Å². The van der Waals surface area contributed by atoms with E-state index in [1.54, 1.807) is 16.7 Å². The summed E-state index contributed by atoms with van der Waals surface area (Å²) in [5, 5.41) is 5.93. The molecule has 1 aromatic rings. The van der Waals surface area contributed by atoms with Crippen LogP contribution in [0.3, 0.4) is 0 Å². The molecule has 5 aliphatic rings. The van der Waals surface area contributed by atoms with Crippen LogP contribution in [0.5, 0.6) is 0 Å². The number of hydrogen-bond acceptors (Lipinski definition) is 4. The monoisotopic (exact) mass is 455 g/mol. The van der Waals surface area contributed by atoms with Gasteiger partial charge in [0, 0.05) is 16.9 Å². The minimum Gasteiger partial charge on any atom is -0.347 e. The minimum atomic E-state index is -0.509. The Balaban J connectivity index is 1.18. The average Bonchev–Trinajstić information content (AvgIpc) is 3.23. The molecule has 4 aliphatic carbocycles. The summed E-state index contributed by atoms with van der Waals surface area (Å²) in [6.07, 6.45) is 6.81.